The highest BCUT2D eigenvalue weighted by Gasteiger charge is 2.17. The minimum Gasteiger partial charge on any atom is -0.311 e. The number of benzene rings is 10. The predicted molar refractivity (Wildman–Crippen MR) is 262 cm³/mol. The largest absolute Gasteiger partial charge is 0.311 e. The van der Waals surface area contributed by atoms with Crippen LogP contribution >= 0.6 is 11.3 Å². The molecule has 12 rings (SSSR count). The number of fused-ring (bicyclic) bond motifs is 8. The van der Waals surface area contributed by atoms with E-state index in [1.165, 1.54) is 86.1 Å². The maximum atomic E-state index is 2.38. The summed E-state index contributed by atoms with van der Waals surface area (Å²) in [6.45, 7) is 0. The van der Waals surface area contributed by atoms with Crippen LogP contribution in [-0.4, -0.2) is 4.57 Å². The van der Waals surface area contributed by atoms with Crippen molar-refractivity contribution in [2.75, 3.05) is 4.90 Å². The Bertz CT molecular complexity index is 3550. The summed E-state index contributed by atoms with van der Waals surface area (Å²) in [7, 11) is 0. The Morgan fingerprint density at radius 2 is 0.803 bits per heavy atom. The molecule has 0 fully saturated rings. The number of hydrogen-bond donors (Lipinski definition) is 0. The van der Waals surface area contributed by atoms with Crippen molar-refractivity contribution in [1.29, 1.82) is 0 Å². The van der Waals surface area contributed by atoms with Crippen LogP contribution in [0.4, 0.5) is 17.1 Å². The zero-order valence-electron chi connectivity index (χ0n) is 33.2. The van der Waals surface area contributed by atoms with Crippen molar-refractivity contribution >= 4 is 81.1 Å². The van der Waals surface area contributed by atoms with Crippen LogP contribution in [0.5, 0.6) is 0 Å². The van der Waals surface area contributed by atoms with Gasteiger partial charge in [0.15, 0.2) is 0 Å². The van der Waals surface area contributed by atoms with Crippen molar-refractivity contribution < 1.29 is 0 Å². The van der Waals surface area contributed by atoms with E-state index in [1.54, 1.807) is 0 Å². The van der Waals surface area contributed by atoms with Gasteiger partial charge in [0.25, 0.3) is 0 Å². The van der Waals surface area contributed by atoms with E-state index >= 15 is 0 Å². The summed E-state index contributed by atoms with van der Waals surface area (Å²) in [5, 5.41) is 7.77. The highest BCUT2D eigenvalue weighted by atomic mass is 32.1. The Kier molecular flexibility index (Phi) is 8.39. The molecule has 10 aromatic carbocycles. The van der Waals surface area contributed by atoms with E-state index in [4.69, 9.17) is 0 Å². The Morgan fingerprint density at radius 3 is 1.49 bits per heavy atom. The zero-order valence-corrected chi connectivity index (χ0v) is 34.1. The van der Waals surface area contributed by atoms with Gasteiger partial charge in [-0.05, 0) is 117 Å². The molecular formula is C58H38N2S. The van der Waals surface area contributed by atoms with E-state index in [-0.39, 0.29) is 0 Å². The topological polar surface area (TPSA) is 8.17 Å². The van der Waals surface area contributed by atoms with Gasteiger partial charge in [0.1, 0.15) is 0 Å². The minimum absolute atomic E-state index is 1.10. The Balaban J connectivity index is 0.923. The summed E-state index contributed by atoms with van der Waals surface area (Å²) in [4.78, 5) is 2.36. The third-order valence-corrected chi connectivity index (χ3v) is 13.4. The maximum Gasteiger partial charge on any atom is 0.0547 e. The molecule has 0 amide bonds. The van der Waals surface area contributed by atoms with Crippen LogP contribution in [0.2, 0.25) is 0 Å². The van der Waals surface area contributed by atoms with Crippen molar-refractivity contribution in [3.8, 4) is 39.1 Å². The van der Waals surface area contributed by atoms with Crippen LogP contribution < -0.4 is 4.90 Å². The van der Waals surface area contributed by atoms with Crippen molar-refractivity contribution in [3.63, 3.8) is 0 Å². The predicted octanol–water partition coefficient (Wildman–Crippen LogP) is 16.8. The molecule has 2 aromatic heterocycles. The fourth-order valence-electron chi connectivity index (χ4n) is 9.18. The molecule has 286 valence electrons. The second-order valence-electron chi connectivity index (χ2n) is 15.7. The number of aromatic nitrogens is 1. The fourth-order valence-corrected chi connectivity index (χ4v) is 10.4. The molecule has 0 saturated carbocycles. The molecule has 61 heavy (non-hydrogen) atoms. The van der Waals surface area contributed by atoms with Gasteiger partial charge in [-0.3, -0.25) is 0 Å². The van der Waals surface area contributed by atoms with Crippen LogP contribution in [-0.2, 0) is 0 Å². The average Bonchev–Trinajstić information content (AvgIpc) is 3.88. The van der Waals surface area contributed by atoms with E-state index < -0.39 is 0 Å². The van der Waals surface area contributed by atoms with Gasteiger partial charge in [-0.1, -0.05) is 158 Å². The Morgan fingerprint density at radius 1 is 0.311 bits per heavy atom. The quantitative estimate of drug-likeness (QED) is 0.156. The molecule has 0 aliphatic heterocycles. The van der Waals surface area contributed by atoms with E-state index in [0.717, 1.165) is 22.7 Å². The lowest BCUT2D eigenvalue weighted by Crippen LogP contribution is -2.09. The smallest absolute Gasteiger partial charge is 0.0547 e. The van der Waals surface area contributed by atoms with E-state index in [1.807, 2.05) is 11.3 Å². The van der Waals surface area contributed by atoms with Gasteiger partial charge < -0.3 is 9.47 Å². The first kappa shape index (κ1) is 35.2. The van der Waals surface area contributed by atoms with Crippen molar-refractivity contribution in [1.82, 2.24) is 4.57 Å². The summed E-state index contributed by atoms with van der Waals surface area (Å²) >= 11 is 1.89. The first-order valence-corrected chi connectivity index (χ1v) is 21.6. The summed E-state index contributed by atoms with van der Waals surface area (Å²) in [6, 6.07) is 84.0. The highest BCUT2D eigenvalue weighted by Crippen LogP contribution is 2.42. The molecule has 12 aromatic rings. The van der Waals surface area contributed by atoms with Crippen LogP contribution in [0.25, 0.3) is 91.8 Å². The molecule has 0 atom stereocenters. The van der Waals surface area contributed by atoms with Gasteiger partial charge in [0.2, 0.25) is 0 Å². The minimum atomic E-state index is 1.10. The summed E-state index contributed by atoms with van der Waals surface area (Å²) in [5.41, 5.74) is 14.1. The second kappa shape index (κ2) is 14.5. The summed E-state index contributed by atoms with van der Waals surface area (Å²) in [6.07, 6.45) is 0. The lowest BCUT2D eigenvalue weighted by Gasteiger charge is -2.26. The van der Waals surface area contributed by atoms with E-state index in [2.05, 4.69) is 240 Å². The molecule has 3 heteroatoms. The van der Waals surface area contributed by atoms with Crippen molar-refractivity contribution in [3.05, 3.63) is 231 Å². The van der Waals surface area contributed by atoms with Crippen molar-refractivity contribution in [2.24, 2.45) is 0 Å². The lowest BCUT2D eigenvalue weighted by molar-refractivity contribution is 1.18. The maximum absolute atomic E-state index is 2.38. The van der Waals surface area contributed by atoms with Crippen LogP contribution in [0.3, 0.4) is 0 Å². The molecule has 0 spiro atoms. The molecule has 0 aliphatic carbocycles. The Hall–Kier alpha value is -7.72. The number of anilines is 3. The molecule has 2 heterocycles. The van der Waals surface area contributed by atoms with Gasteiger partial charge >= 0.3 is 0 Å². The Labute approximate surface area is 358 Å². The molecule has 0 bridgehead atoms. The molecule has 0 saturated heterocycles. The number of nitrogens with zero attached hydrogens (tertiary/aromatic N) is 2. The summed E-state index contributed by atoms with van der Waals surface area (Å²) in [5.74, 6) is 0. The SMILES string of the molecule is c1ccc(-c2ccc(N(c3ccc(-c4ccc5sc6c7ccccc7ccc6c5c4)cc3)c3ccc(-c4ccc5c6ccccc6n(-c6ccccc6)c5c4)cc3)cc2)cc1. The number of para-hydroxylation sites is 2. The van der Waals surface area contributed by atoms with Crippen LogP contribution in [0.15, 0.2) is 231 Å². The number of thiophene rings is 1. The highest BCUT2D eigenvalue weighted by molar-refractivity contribution is 7.26. The molecular weight excluding hydrogens is 757 g/mol. The van der Waals surface area contributed by atoms with E-state index in [9.17, 15) is 0 Å². The normalized spacial score (nSPS) is 11.6. The fraction of sp³-hybridized carbons (Fsp3) is 0. The first-order chi connectivity index (χ1) is 30.2. The molecule has 0 unspecified atom stereocenters. The first-order valence-electron chi connectivity index (χ1n) is 20.8. The molecule has 2 nitrogen and oxygen atoms in total. The van der Waals surface area contributed by atoms with Crippen molar-refractivity contribution in [2.45, 2.75) is 0 Å². The van der Waals surface area contributed by atoms with Crippen LogP contribution in [0.1, 0.15) is 0 Å². The monoisotopic (exact) mass is 794 g/mol. The van der Waals surface area contributed by atoms with Gasteiger partial charge in [-0.25, -0.2) is 0 Å². The third-order valence-electron chi connectivity index (χ3n) is 12.2. The van der Waals surface area contributed by atoms with Gasteiger partial charge in [0, 0.05) is 53.7 Å². The molecule has 0 N–H and O–H groups in total. The lowest BCUT2D eigenvalue weighted by atomic mass is 10.0. The van der Waals surface area contributed by atoms with E-state index in [0.29, 0.717) is 0 Å². The second-order valence-corrected chi connectivity index (χ2v) is 16.8. The molecule has 0 aliphatic rings. The van der Waals surface area contributed by atoms with Gasteiger partial charge in [-0.15, -0.1) is 11.3 Å². The number of hydrogen-bond acceptors (Lipinski definition) is 2. The standard InChI is InChI=1S/C58H38N2S/c1-3-11-39(12-4-1)40-19-28-47(29-20-40)59(48-30-21-41(22-31-48)44-27-36-57-54(37-44)53-35-25-43-13-7-8-16-50(43)58(53)61-57)49-32-23-42(24-33-49)45-26-34-52-51-17-9-10-18-55(51)60(56(52)38-45)46-14-5-2-6-15-46/h1-38H. The average molecular weight is 795 g/mol. The molecule has 0 radical (unpaired) electrons. The van der Waals surface area contributed by atoms with Crippen LogP contribution in [0, 0.1) is 0 Å². The summed E-state index contributed by atoms with van der Waals surface area (Å²) < 4.78 is 5.06. The third kappa shape index (κ3) is 6.09. The van der Waals surface area contributed by atoms with Gasteiger partial charge in [-0.2, -0.15) is 0 Å². The number of rotatable bonds is 7. The van der Waals surface area contributed by atoms with Gasteiger partial charge in [0.05, 0.1) is 11.0 Å². The zero-order chi connectivity index (χ0) is 40.3.